The molecule has 0 atom stereocenters. The number of aliphatic hydroxyl groups is 1. The number of piperazine rings is 1. The highest BCUT2D eigenvalue weighted by atomic mass is 19.1. The Morgan fingerprint density at radius 1 is 0.957 bits per heavy atom. The fraction of sp³-hybridized carbons (Fsp3) is 0.486. The molecular formula is C35H43FN8O3. The van der Waals surface area contributed by atoms with Gasteiger partial charge in [0.1, 0.15) is 11.4 Å². The standard InChI is InChI=1S/C35H43FN8O3/c1-41-17-19-43(20-18-41)23-11-15-42(16-12-23)25-5-8-30-29(21-25)39-35(44(30)24-3-6-26(45)7-4-24)40-34(46)27-9-14-38-33(32(27)36)28-22-37-13-10-31(28)47-2/h5,8-10,13-14,21-24,26,45H,3-4,6-7,11-12,15-20H2,1-2H3,(H,39,40,46). The molecule has 47 heavy (non-hydrogen) atoms. The first kappa shape index (κ1) is 31.5. The highest BCUT2D eigenvalue weighted by Crippen LogP contribution is 2.37. The molecule has 3 fully saturated rings. The van der Waals surface area contributed by atoms with Crippen LogP contribution in [0.3, 0.4) is 0 Å². The molecule has 1 aromatic carbocycles. The van der Waals surface area contributed by atoms with Gasteiger partial charge in [-0.15, -0.1) is 0 Å². The van der Waals surface area contributed by atoms with E-state index in [4.69, 9.17) is 9.72 Å². The summed E-state index contributed by atoms with van der Waals surface area (Å²) in [7, 11) is 3.69. The maximum atomic E-state index is 15.9. The van der Waals surface area contributed by atoms with Crippen molar-refractivity contribution in [3.8, 4) is 17.0 Å². The van der Waals surface area contributed by atoms with Gasteiger partial charge in [-0.2, -0.15) is 0 Å². The van der Waals surface area contributed by atoms with Crippen LogP contribution in [0.25, 0.3) is 22.3 Å². The van der Waals surface area contributed by atoms with Crippen molar-refractivity contribution in [2.75, 3.05) is 63.6 Å². The Morgan fingerprint density at radius 3 is 2.47 bits per heavy atom. The predicted octanol–water partition coefficient (Wildman–Crippen LogP) is 4.59. The van der Waals surface area contributed by atoms with E-state index in [9.17, 15) is 9.90 Å². The number of benzene rings is 1. The number of hydrogen-bond acceptors (Lipinski definition) is 9. The number of rotatable bonds is 7. The van der Waals surface area contributed by atoms with Gasteiger partial charge >= 0.3 is 0 Å². The summed E-state index contributed by atoms with van der Waals surface area (Å²) in [6, 6.07) is 10.00. The highest BCUT2D eigenvalue weighted by molar-refractivity contribution is 6.05. The summed E-state index contributed by atoms with van der Waals surface area (Å²) >= 11 is 0. The van der Waals surface area contributed by atoms with Crippen LogP contribution in [0, 0.1) is 5.82 Å². The van der Waals surface area contributed by atoms with Crippen molar-refractivity contribution in [3.63, 3.8) is 0 Å². The average Bonchev–Trinajstić information content (AvgIpc) is 3.46. The lowest BCUT2D eigenvalue weighted by Gasteiger charge is -2.42. The molecule has 1 aliphatic carbocycles. The number of piperidine rings is 1. The van der Waals surface area contributed by atoms with Gasteiger partial charge in [0.2, 0.25) is 5.95 Å². The number of aliphatic hydroxyl groups excluding tert-OH is 1. The van der Waals surface area contributed by atoms with Gasteiger partial charge in [-0.25, -0.2) is 9.37 Å². The van der Waals surface area contributed by atoms with Gasteiger partial charge in [0, 0.05) is 75.6 Å². The minimum atomic E-state index is -0.762. The van der Waals surface area contributed by atoms with E-state index < -0.39 is 11.7 Å². The van der Waals surface area contributed by atoms with Crippen molar-refractivity contribution in [1.82, 2.24) is 29.3 Å². The zero-order chi connectivity index (χ0) is 32.5. The van der Waals surface area contributed by atoms with Gasteiger partial charge in [-0.05, 0) is 75.9 Å². The number of aromatic nitrogens is 4. The lowest BCUT2D eigenvalue weighted by atomic mass is 9.93. The fourth-order valence-electron chi connectivity index (χ4n) is 7.45. The molecule has 0 radical (unpaired) electrons. The monoisotopic (exact) mass is 642 g/mol. The number of carbonyl (C=O) groups is 1. The molecule has 2 aliphatic heterocycles. The van der Waals surface area contributed by atoms with Crippen molar-refractivity contribution < 1.29 is 19.0 Å². The molecule has 4 aromatic rings. The summed E-state index contributed by atoms with van der Waals surface area (Å²) in [5, 5.41) is 13.1. The number of anilines is 2. The Balaban J connectivity index is 1.15. The van der Waals surface area contributed by atoms with Crippen molar-refractivity contribution in [2.24, 2.45) is 0 Å². The Bertz CT molecular complexity index is 1720. The third-order valence-corrected chi connectivity index (χ3v) is 10.2. The van der Waals surface area contributed by atoms with Gasteiger partial charge in [0.15, 0.2) is 5.82 Å². The highest BCUT2D eigenvalue weighted by Gasteiger charge is 2.29. The molecule has 248 valence electrons. The topological polar surface area (TPSA) is 112 Å². The van der Waals surface area contributed by atoms with Gasteiger partial charge < -0.3 is 24.2 Å². The molecule has 0 unspecified atom stereocenters. The van der Waals surface area contributed by atoms with Crippen LogP contribution in [0.15, 0.2) is 48.9 Å². The second-order valence-electron chi connectivity index (χ2n) is 13.0. The van der Waals surface area contributed by atoms with Crippen molar-refractivity contribution in [3.05, 3.63) is 60.3 Å². The van der Waals surface area contributed by atoms with E-state index in [1.165, 1.54) is 25.6 Å². The average molecular weight is 643 g/mol. The minimum Gasteiger partial charge on any atom is -0.496 e. The minimum absolute atomic E-state index is 0.0154. The molecule has 12 heteroatoms. The quantitative estimate of drug-likeness (QED) is 0.299. The molecule has 3 aromatic heterocycles. The number of likely N-dealkylation sites (N-methyl/N-ethyl adjacent to an activating group) is 1. The number of pyridine rings is 2. The molecule has 2 saturated heterocycles. The predicted molar refractivity (Wildman–Crippen MR) is 179 cm³/mol. The molecule has 1 saturated carbocycles. The van der Waals surface area contributed by atoms with Crippen LogP contribution in [0.2, 0.25) is 0 Å². The first-order valence-electron chi connectivity index (χ1n) is 16.7. The molecule has 3 aliphatic rings. The number of carbonyl (C=O) groups excluding carboxylic acids is 1. The Labute approximate surface area is 274 Å². The number of nitrogens with zero attached hydrogens (tertiary/aromatic N) is 7. The number of amides is 1. The van der Waals surface area contributed by atoms with E-state index in [0.29, 0.717) is 36.1 Å². The third kappa shape index (κ3) is 6.41. The van der Waals surface area contributed by atoms with Gasteiger partial charge in [0.05, 0.1) is 35.4 Å². The Kier molecular flexibility index (Phi) is 9.07. The third-order valence-electron chi connectivity index (χ3n) is 10.2. The second kappa shape index (κ2) is 13.5. The van der Waals surface area contributed by atoms with Crippen LogP contribution >= 0.6 is 0 Å². The molecule has 0 bridgehead atoms. The van der Waals surface area contributed by atoms with Gasteiger partial charge in [-0.3, -0.25) is 25.0 Å². The normalized spacial score (nSPS) is 21.7. The molecule has 1 amide bonds. The first-order valence-corrected chi connectivity index (χ1v) is 16.7. The SMILES string of the molecule is COc1ccncc1-c1nccc(C(=O)Nc2nc3cc(N4CCC(N5CCN(C)CC5)CC4)ccc3n2C2CCC(O)CC2)c1F. The Morgan fingerprint density at radius 2 is 1.72 bits per heavy atom. The summed E-state index contributed by atoms with van der Waals surface area (Å²) in [4.78, 5) is 34.4. The van der Waals surface area contributed by atoms with Crippen LogP contribution in [-0.2, 0) is 0 Å². The number of imidazole rings is 1. The van der Waals surface area contributed by atoms with E-state index in [1.54, 1.807) is 12.3 Å². The second-order valence-corrected chi connectivity index (χ2v) is 13.0. The first-order chi connectivity index (χ1) is 22.9. The van der Waals surface area contributed by atoms with E-state index in [-0.39, 0.29) is 23.4 Å². The van der Waals surface area contributed by atoms with Crippen LogP contribution in [0.5, 0.6) is 5.75 Å². The number of halogens is 1. The lowest BCUT2D eigenvalue weighted by Crippen LogP contribution is -2.52. The van der Waals surface area contributed by atoms with E-state index >= 15 is 4.39 Å². The van der Waals surface area contributed by atoms with E-state index in [2.05, 4.69) is 59.8 Å². The molecule has 11 nitrogen and oxygen atoms in total. The number of hydrogen-bond donors (Lipinski definition) is 2. The summed E-state index contributed by atoms with van der Waals surface area (Å²) in [5.41, 5.74) is 3.00. The summed E-state index contributed by atoms with van der Waals surface area (Å²) in [6.07, 6.45) is 9.22. The summed E-state index contributed by atoms with van der Waals surface area (Å²) < 4.78 is 23.3. The lowest BCUT2D eigenvalue weighted by molar-refractivity contribution is 0.0982. The van der Waals surface area contributed by atoms with Crippen molar-refractivity contribution >= 4 is 28.6 Å². The van der Waals surface area contributed by atoms with Crippen LogP contribution in [0.1, 0.15) is 54.9 Å². The largest absolute Gasteiger partial charge is 0.496 e. The zero-order valence-corrected chi connectivity index (χ0v) is 27.1. The molecule has 2 N–H and O–H groups in total. The van der Waals surface area contributed by atoms with E-state index in [0.717, 1.165) is 81.7 Å². The van der Waals surface area contributed by atoms with Crippen LogP contribution < -0.4 is 15.0 Å². The van der Waals surface area contributed by atoms with E-state index in [1.807, 2.05) is 0 Å². The smallest absolute Gasteiger partial charge is 0.261 e. The van der Waals surface area contributed by atoms with Gasteiger partial charge in [0.25, 0.3) is 5.91 Å². The fourth-order valence-corrected chi connectivity index (χ4v) is 7.45. The number of ether oxygens (including phenoxy) is 1. The number of fused-ring (bicyclic) bond motifs is 1. The maximum Gasteiger partial charge on any atom is 0.261 e. The molecule has 5 heterocycles. The van der Waals surface area contributed by atoms with Gasteiger partial charge in [-0.1, -0.05) is 0 Å². The molecular weight excluding hydrogens is 599 g/mol. The number of methoxy groups -OCH3 is 1. The maximum absolute atomic E-state index is 15.9. The van der Waals surface area contributed by atoms with Crippen molar-refractivity contribution in [2.45, 2.75) is 56.7 Å². The summed E-state index contributed by atoms with van der Waals surface area (Å²) in [5.74, 6) is -0.603. The number of nitrogens with one attached hydrogen (secondary N) is 1. The van der Waals surface area contributed by atoms with Crippen molar-refractivity contribution in [1.29, 1.82) is 0 Å². The van der Waals surface area contributed by atoms with Crippen LogP contribution in [0.4, 0.5) is 16.0 Å². The zero-order valence-electron chi connectivity index (χ0n) is 27.1. The molecule has 0 spiro atoms. The Hall–Kier alpha value is -4.13. The molecule has 7 rings (SSSR count). The van der Waals surface area contributed by atoms with Crippen LogP contribution in [-0.4, -0.2) is 106 Å². The summed E-state index contributed by atoms with van der Waals surface area (Å²) in [6.45, 7) is 6.51.